The summed E-state index contributed by atoms with van der Waals surface area (Å²) in [5.41, 5.74) is -0.0453. The molecule has 1 atom stereocenters. The predicted octanol–water partition coefficient (Wildman–Crippen LogP) is 3.77. The van der Waals surface area contributed by atoms with E-state index in [0.29, 0.717) is 6.42 Å². The molecule has 0 aliphatic rings. The summed E-state index contributed by atoms with van der Waals surface area (Å²) in [6, 6.07) is 2.53. The average molecular weight is 325 g/mol. The average Bonchev–Trinajstić information content (AvgIpc) is 2.30. The van der Waals surface area contributed by atoms with Gasteiger partial charge in [-0.3, -0.25) is 0 Å². The summed E-state index contributed by atoms with van der Waals surface area (Å²) in [5.74, 6) is -0.274. The normalized spacial score (nSPS) is 12.8. The van der Waals surface area contributed by atoms with Gasteiger partial charge in [0.15, 0.2) is 0 Å². The fourth-order valence-electron chi connectivity index (χ4n) is 1.56. The van der Waals surface area contributed by atoms with Gasteiger partial charge >= 0.3 is 0 Å². The topological polar surface area (TPSA) is 20.2 Å². The number of hydrogen-bond donors (Lipinski definition) is 1. The number of aliphatic hydroxyl groups is 1. The van der Waals surface area contributed by atoms with Gasteiger partial charge in [-0.15, -0.1) is 0 Å². The van der Waals surface area contributed by atoms with E-state index in [-0.39, 0.29) is 16.5 Å². The van der Waals surface area contributed by atoms with Crippen LogP contribution >= 0.6 is 27.7 Å². The van der Waals surface area contributed by atoms with Crippen molar-refractivity contribution in [3.8, 4) is 0 Å². The van der Waals surface area contributed by atoms with Crippen LogP contribution in [-0.2, 0) is 6.42 Å². The van der Waals surface area contributed by atoms with Crippen molar-refractivity contribution in [3.63, 3.8) is 0 Å². The molecule has 17 heavy (non-hydrogen) atoms. The lowest BCUT2D eigenvalue weighted by Gasteiger charge is -2.12. The highest BCUT2D eigenvalue weighted by Crippen LogP contribution is 2.23. The molecule has 0 saturated heterocycles. The summed E-state index contributed by atoms with van der Waals surface area (Å²) >= 11 is 4.70. The number of aliphatic hydroxyl groups excluding tert-OH is 1. The van der Waals surface area contributed by atoms with Crippen molar-refractivity contribution in [1.29, 1.82) is 0 Å². The molecule has 1 N–H and O–H groups in total. The maximum Gasteiger partial charge on any atom is 0.143 e. The third kappa shape index (κ3) is 4.56. The Morgan fingerprint density at radius 2 is 2.12 bits per heavy atom. The first kappa shape index (κ1) is 14.9. The first-order chi connectivity index (χ1) is 8.06. The fourth-order valence-corrected chi connectivity index (χ4v) is 2.38. The van der Waals surface area contributed by atoms with E-state index >= 15 is 0 Å². The third-order valence-corrected chi connectivity index (χ3v) is 3.77. The van der Waals surface area contributed by atoms with Crippen molar-refractivity contribution < 1.29 is 13.9 Å². The number of benzene rings is 1. The van der Waals surface area contributed by atoms with Crippen LogP contribution in [0.1, 0.15) is 18.4 Å². The Labute approximate surface area is 113 Å². The second kappa shape index (κ2) is 7.34. The monoisotopic (exact) mass is 324 g/mol. The van der Waals surface area contributed by atoms with Gasteiger partial charge in [0, 0.05) is 12.0 Å². The van der Waals surface area contributed by atoms with Crippen molar-refractivity contribution in [3.05, 3.63) is 33.8 Å². The Bertz CT molecular complexity index is 374. The van der Waals surface area contributed by atoms with E-state index in [2.05, 4.69) is 15.9 Å². The molecular formula is C12H15BrF2OS. The molecule has 0 saturated carbocycles. The fraction of sp³-hybridized carbons (Fsp3) is 0.500. The van der Waals surface area contributed by atoms with Crippen molar-refractivity contribution in [2.75, 3.05) is 12.0 Å². The Morgan fingerprint density at radius 1 is 1.41 bits per heavy atom. The molecular weight excluding hydrogens is 310 g/mol. The van der Waals surface area contributed by atoms with Crippen LogP contribution in [0.25, 0.3) is 0 Å². The lowest BCUT2D eigenvalue weighted by molar-refractivity contribution is 0.161. The molecule has 5 heteroatoms. The van der Waals surface area contributed by atoms with E-state index in [1.54, 1.807) is 11.8 Å². The smallest absolute Gasteiger partial charge is 0.143 e. The van der Waals surface area contributed by atoms with Crippen molar-refractivity contribution in [2.45, 2.75) is 25.4 Å². The van der Waals surface area contributed by atoms with E-state index in [1.807, 2.05) is 6.26 Å². The highest BCUT2D eigenvalue weighted by Gasteiger charge is 2.16. The Hall–Kier alpha value is -0.130. The van der Waals surface area contributed by atoms with Crippen molar-refractivity contribution in [1.82, 2.24) is 0 Å². The first-order valence-corrected chi connectivity index (χ1v) is 7.54. The van der Waals surface area contributed by atoms with Crippen molar-refractivity contribution >= 4 is 27.7 Å². The van der Waals surface area contributed by atoms with Crippen molar-refractivity contribution in [2.24, 2.45) is 0 Å². The molecule has 0 aromatic heterocycles. The second-order valence-corrected chi connectivity index (χ2v) is 5.65. The van der Waals surface area contributed by atoms with Gasteiger partial charge in [-0.25, -0.2) is 8.78 Å². The van der Waals surface area contributed by atoms with Crippen LogP contribution in [0.4, 0.5) is 8.78 Å². The summed E-state index contributed by atoms with van der Waals surface area (Å²) < 4.78 is 27.2. The van der Waals surface area contributed by atoms with E-state index in [1.165, 1.54) is 12.1 Å². The van der Waals surface area contributed by atoms with E-state index in [9.17, 15) is 13.9 Å². The number of halogens is 3. The van der Waals surface area contributed by atoms with Crippen LogP contribution in [0.3, 0.4) is 0 Å². The van der Waals surface area contributed by atoms with Crippen LogP contribution in [0.5, 0.6) is 0 Å². The Balaban J connectivity index is 2.64. The SMILES string of the molecule is CSCCCC(O)Cc1c(F)ccc(Br)c1F. The molecule has 96 valence electrons. The van der Waals surface area contributed by atoms with Gasteiger partial charge in [-0.1, -0.05) is 0 Å². The highest BCUT2D eigenvalue weighted by atomic mass is 79.9. The molecule has 1 aromatic carbocycles. The molecule has 1 rings (SSSR count). The molecule has 1 nitrogen and oxygen atoms in total. The summed E-state index contributed by atoms with van der Waals surface area (Å²) in [4.78, 5) is 0. The second-order valence-electron chi connectivity index (χ2n) is 3.81. The van der Waals surface area contributed by atoms with Gasteiger partial charge in [-0.05, 0) is 52.9 Å². The summed E-state index contributed by atoms with van der Waals surface area (Å²) in [6.45, 7) is 0. The number of thioether (sulfide) groups is 1. The van der Waals surface area contributed by atoms with Crippen LogP contribution in [-0.4, -0.2) is 23.2 Å². The largest absolute Gasteiger partial charge is 0.393 e. The highest BCUT2D eigenvalue weighted by molar-refractivity contribution is 9.10. The van der Waals surface area contributed by atoms with Gasteiger partial charge < -0.3 is 5.11 Å². The minimum Gasteiger partial charge on any atom is -0.393 e. The Morgan fingerprint density at radius 3 is 2.76 bits per heavy atom. The van der Waals surface area contributed by atoms with E-state index < -0.39 is 17.7 Å². The van der Waals surface area contributed by atoms with E-state index in [0.717, 1.165) is 12.2 Å². The zero-order valence-electron chi connectivity index (χ0n) is 9.55. The zero-order chi connectivity index (χ0) is 12.8. The Kier molecular flexibility index (Phi) is 6.44. The standard InChI is InChI=1S/C12H15BrF2OS/c1-17-6-2-3-8(16)7-9-11(14)5-4-10(13)12(9)15/h4-5,8,16H,2-3,6-7H2,1H3. The minimum atomic E-state index is -0.694. The molecule has 0 spiro atoms. The lowest BCUT2D eigenvalue weighted by Crippen LogP contribution is -2.13. The number of rotatable bonds is 6. The van der Waals surface area contributed by atoms with Crippen LogP contribution < -0.4 is 0 Å². The zero-order valence-corrected chi connectivity index (χ0v) is 12.0. The maximum absolute atomic E-state index is 13.6. The van der Waals surface area contributed by atoms with Crippen LogP contribution in [0.2, 0.25) is 0 Å². The minimum absolute atomic E-state index is 0.0193. The van der Waals surface area contributed by atoms with Crippen LogP contribution in [0, 0.1) is 11.6 Å². The first-order valence-electron chi connectivity index (χ1n) is 5.35. The van der Waals surface area contributed by atoms with Gasteiger partial charge in [0.25, 0.3) is 0 Å². The summed E-state index contributed by atoms with van der Waals surface area (Å²) in [5, 5.41) is 9.71. The molecule has 0 fully saturated rings. The van der Waals surface area contributed by atoms with Gasteiger partial charge in [0.05, 0.1) is 10.6 Å². The predicted molar refractivity (Wildman–Crippen MR) is 71.4 cm³/mol. The van der Waals surface area contributed by atoms with Gasteiger partial charge in [0.2, 0.25) is 0 Å². The molecule has 0 amide bonds. The molecule has 0 aliphatic heterocycles. The summed E-state index contributed by atoms with van der Waals surface area (Å²) in [6.07, 6.45) is 2.72. The molecule has 0 bridgehead atoms. The molecule has 1 aromatic rings. The molecule has 0 aliphatic carbocycles. The third-order valence-electron chi connectivity index (χ3n) is 2.46. The van der Waals surface area contributed by atoms with Crippen LogP contribution in [0.15, 0.2) is 16.6 Å². The van der Waals surface area contributed by atoms with Gasteiger partial charge in [0.1, 0.15) is 11.6 Å². The quantitative estimate of drug-likeness (QED) is 0.635. The molecule has 0 heterocycles. The van der Waals surface area contributed by atoms with Gasteiger partial charge in [-0.2, -0.15) is 11.8 Å². The lowest BCUT2D eigenvalue weighted by atomic mass is 10.0. The van der Waals surface area contributed by atoms with E-state index in [4.69, 9.17) is 0 Å². The summed E-state index contributed by atoms with van der Waals surface area (Å²) in [7, 11) is 0. The maximum atomic E-state index is 13.6. The molecule has 0 radical (unpaired) electrons. The molecule has 1 unspecified atom stereocenters. The number of hydrogen-bond acceptors (Lipinski definition) is 2.